The molecule has 102 valence electrons. The van der Waals surface area contributed by atoms with Crippen LogP contribution in [-0.4, -0.2) is 24.5 Å². The fourth-order valence-corrected chi connectivity index (χ4v) is 3.04. The van der Waals surface area contributed by atoms with E-state index in [1.807, 2.05) is 0 Å². The smallest absolute Gasteiger partial charge is 0.254 e. The molecule has 3 N–H and O–H groups in total. The lowest BCUT2D eigenvalue weighted by molar-refractivity contribution is 0.0914. The van der Waals surface area contributed by atoms with Crippen molar-refractivity contribution < 1.29 is 9.18 Å². The highest BCUT2D eigenvalue weighted by Crippen LogP contribution is 2.26. The molecular formula is C14H18FN3O. The maximum atomic E-state index is 13.5. The van der Waals surface area contributed by atoms with Gasteiger partial charge >= 0.3 is 0 Å². The first-order valence-electron chi connectivity index (χ1n) is 6.78. The monoisotopic (exact) mass is 263 g/mol. The van der Waals surface area contributed by atoms with Crippen molar-refractivity contribution in [1.29, 1.82) is 0 Å². The quantitative estimate of drug-likeness (QED) is 0.751. The first kappa shape index (κ1) is 12.6. The number of fused-ring (bicyclic) bond motifs is 1. The number of amides is 1. The Labute approximate surface area is 111 Å². The molecule has 1 heterocycles. The largest absolute Gasteiger partial charge is 0.349 e. The fourth-order valence-electron chi connectivity index (χ4n) is 3.04. The predicted molar refractivity (Wildman–Crippen MR) is 69.9 cm³/mol. The minimum Gasteiger partial charge on any atom is -0.349 e. The van der Waals surface area contributed by atoms with Crippen LogP contribution in [0.2, 0.25) is 0 Å². The van der Waals surface area contributed by atoms with Crippen LogP contribution >= 0.6 is 0 Å². The van der Waals surface area contributed by atoms with Gasteiger partial charge in [-0.1, -0.05) is 12.1 Å². The van der Waals surface area contributed by atoms with Crippen LogP contribution in [0.25, 0.3) is 0 Å². The topological polar surface area (TPSA) is 53.2 Å². The average Bonchev–Trinajstić information content (AvgIpc) is 2.86. The Bertz CT molecular complexity index is 480. The lowest BCUT2D eigenvalue weighted by Gasteiger charge is -2.31. The van der Waals surface area contributed by atoms with Crippen molar-refractivity contribution in [3.05, 3.63) is 35.6 Å². The third-order valence-corrected chi connectivity index (χ3v) is 4.09. The summed E-state index contributed by atoms with van der Waals surface area (Å²) in [5, 5.41) is 2.95. The van der Waals surface area contributed by atoms with Gasteiger partial charge in [0.2, 0.25) is 0 Å². The van der Waals surface area contributed by atoms with Crippen LogP contribution in [0.15, 0.2) is 24.3 Å². The van der Waals surface area contributed by atoms with E-state index in [9.17, 15) is 9.18 Å². The van der Waals surface area contributed by atoms with Crippen molar-refractivity contribution in [2.24, 2.45) is 5.92 Å². The SMILES string of the molecule is O=C(NC1CCC2NNCC2C1)c1ccccc1F. The van der Waals surface area contributed by atoms with Gasteiger partial charge in [-0.2, -0.15) is 0 Å². The number of rotatable bonds is 2. The Morgan fingerprint density at radius 2 is 2.16 bits per heavy atom. The number of hydrogen-bond acceptors (Lipinski definition) is 3. The van der Waals surface area contributed by atoms with Gasteiger partial charge in [-0.25, -0.2) is 4.39 Å². The molecule has 1 saturated heterocycles. The molecule has 1 aromatic carbocycles. The summed E-state index contributed by atoms with van der Waals surface area (Å²) in [7, 11) is 0. The third-order valence-electron chi connectivity index (χ3n) is 4.09. The third kappa shape index (κ3) is 2.62. The minimum atomic E-state index is -0.460. The highest BCUT2D eigenvalue weighted by atomic mass is 19.1. The van der Waals surface area contributed by atoms with E-state index >= 15 is 0 Å². The highest BCUT2D eigenvalue weighted by Gasteiger charge is 2.34. The standard InChI is InChI=1S/C14H18FN3O/c15-12-4-2-1-3-11(12)14(19)17-10-5-6-13-9(7-10)8-16-18-13/h1-4,9-10,13,16,18H,5-8H2,(H,17,19). The van der Waals surface area contributed by atoms with Crippen LogP contribution < -0.4 is 16.2 Å². The van der Waals surface area contributed by atoms with Crippen molar-refractivity contribution >= 4 is 5.91 Å². The number of benzene rings is 1. The summed E-state index contributed by atoms with van der Waals surface area (Å²) in [5.74, 6) is -0.210. The van der Waals surface area contributed by atoms with Crippen LogP contribution in [-0.2, 0) is 0 Å². The summed E-state index contributed by atoms with van der Waals surface area (Å²) in [6.07, 6.45) is 2.93. The highest BCUT2D eigenvalue weighted by molar-refractivity contribution is 5.94. The Hall–Kier alpha value is -1.46. The van der Waals surface area contributed by atoms with Gasteiger partial charge in [-0.3, -0.25) is 15.6 Å². The molecule has 0 radical (unpaired) electrons. The number of hydrazine groups is 1. The van der Waals surface area contributed by atoms with Crippen molar-refractivity contribution in [2.45, 2.75) is 31.3 Å². The van der Waals surface area contributed by atoms with E-state index in [4.69, 9.17) is 0 Å². The van der Waals surface area contributed by atoms with Gasteiger partial charge in [-0.05, 0) is 37.3 Å². The molecule has 1 saturated carbocycles. The van der Waals surface area contributed by atoms with Gasteiger partial charge in [0.05, 0.1) is 5.56 Å². The summed E-state index contributed by atoms with van der Waals surface area (Å²) in [6, 6.07) is 6.77. The van der Waals surface area contributed by atoms with Crippen LogP contribution in [0.3, 0.4) is 0 Å². The second kappa shape index (κ2) is 5.27. The number of halogens is 1. The molecule has 1 aliphatic carbocycles. The van der Waals surface area contributed by atoms with Crippen LogP contribution in [0.5, 0.6) is 0 Å². The average molecular weight is 263 g/mol. The zero-order valence-corrected chi connectivity index (χ0v) is 10.7. The van der Waals surface area contributed by atoms with E-state index in [0.717, 1.165) is 25.8 Å². The first-order chi connectivity index (χ1) is 9.24. The second-order valence-electron chi connectivity index (χ2n) is 5.36. The molecule has 3 atom stereocenters. The molecule has 0 spiro atoms. The minimum absolute atomic E-state index is 0.132. The van der Waals surface area contributed by atoms with Gasteiger partial charge < -0.3 is 5.32 Å². The molecule has 0 bridgehead atoms. The Balaban J connectivity index is 1.62. The van der Waals surface area contributed by atoms with Gasteiger partial charge in [0.15, 0.2) is 0 Å². The number of carbonyl (C=O) groups excluding carboxylic acids is 1. The summed E-state index contributed by atoms with van der Waals surface area (Å²) in [4.78, 5) is 12.0. The molecule has 0 aromatic heterocycles. The zero-order valence-electron chi connectivity index (χ0n) is 10.7. The molecule has 4 nitrogen and oxygen atoms in total. The molecule has 2 aliphatic rings. The Morgan fingerprint density at radius 3 is 3.00 bits per heavy atom. The number of hydrogen-bond donors (Lipinski definition) is 3. The Morgan fingerprint density at radius 1 is 1.32 bits per heavy atom. The van der Waals surface area contributed by atoms with Gasteiger partial charge in [0, 0.05) is 18.6 Å². The summed E-state index contributed by atoms with van der Waals surface area (Å²) < 4.78 is 13.5. The molecule has 1 aromatic rings. The maximum Gasteiger partial charge on any atom is 0.254 e. The van der Waals surface area contributed by atoms with Crippen molar-refractivity contribution in [1.82, 2.24) is 16.2 Å². The van der Waals surface area contributed by atoms with E-state index in [0.29, 0.717) is 12.0 Å². The molecule has 1 amide bonds. The molecular weight excluding hydrogens is 245 g/mol. The lowest BCUT2D eigenvalue weighted by atomic mass is 9.83. The molecule has 5 heteroatoms. The van der Waals surface area contributed by atoms with Gasteiger partial charge in [0.25, 0.3) is 5.91 Å². The van der Waals surface area contributed by atoms with Crippen LogP contribution in [0.4, 0.5) is 4.39 Å². The zero-order chi connectivity index (χ0) is 13.2. The maximum absolute atomic E-state index is 13.5. The first-order valence-corrected chi connectivity index (χ1v) is 6.78. The van der Waals surface area contributed by atoms with E-state index in [1.165, 1.54) is 12.1 Å². The van der Waals surface area contributed by atoms with Crippen molar-refractivity contribution in [3.63, 3.8) is 0 Å². The van der Waals surface area contributed by atoms with E-state index in [2.05, 4.69) is 16.2 Å². The summed E-state index contributed by atoms with van der Waals surface area (Å²) in [5.41, 5.74) is 6.54. The van der Waals surface area contributed by atoms with Crippen LogP contribution in [0.1, 0.15) is 29.6 Å². The summed E-state index contributed by atoms with van der Waals surface area (Å²) in [6.45, 7) is 0.941. The lowest BCUT2D eigenvalue weighted by Crippen LogP contribution is -2.44. The van der Waals surface area contributed by atoms with Crippen molar-refractivity contribution in [3.8, 4) is 0 Å². The van der Waals surface area contributed by atoms with E-state index in [-0.39, 0.29) is 17.5 Å². The predicted octanol–water partition coefficient (Wildman–Crippen LogP) is 1.20. The van der Waals surface area contributed by atoms with Crippen LogP contribution in [0, 0.1) is 11.7 Å². The summed E-state index contributed by atoms with van der Waals surface area (Å²) >= 11 is 0. The van der Waals surface area contributed by atoms with Crippen molar-refractivity contribution in [2.75, 3.05) is 6.54 Å². The van der Waals surface area contributed by atoms with E-state index in [1.54, 1.807) is 12.1 Å². The normalized spacial score (nSPS) is 29.8. The molecule has 3 rings (SSSR count). The molecule has 3 unspecified atom stereocenters. The Kier molecular flexibility index (Phi) is 3.48. The second-order valence-corrected chi connectivity index (χ2v) is 5.36. The van der Waals surface area contributed by atoms with Gasteiger partial charge in [0.1, 0.15) is 5.82 Å². The number of carbonyl (C=O) groups is 1. The van der Waals surface area contributed by atoms with E-state index < -0.39 is 5.82 Å². The molecule has 19 heavy (non-hydrogen) atoms. The molecule has 2 fully saturated rings. The molecule has 1 aliphatic heterocycles. The number of nitrogens with one attached hydrogen (secondary N) is 3. The van der Waals surface area contributed by atoms with Gasteiger partial charge in [-0.15, -0.1) is 0 Å². The fraction of sp³-hybridized carbons (Fsp3) is 0.500.